The van der Waals surface area contributed by atoms with E-state index >= 15 is 0 Å². The molecule has 2 rings (SSSR count). The molecule has 2 saturated carbocycles. The minimum Gasteiger partial charge on any atom is -0.469 e. The maximum absolute atomic E-state index is 13.1. The zero-order valence-corrected chi connectivity index (χ0v) is 17.9. The molecule has 0 radical (unpaired) electrons. The molecule has 4 nitrogen and oxygen atoms in total. The van der Waals surface area contributed by atoms with Gasteiger partial charge in [-0.25, -0.2) is 0 Å². The number of ether oxygens (including phenoxy) is 2. The second-order valence-electron chi connectivity index (χ2n) is 7.83. The Kier molecular flexibility index (Phi) is 7.17. The van der Waals surface area contributed by atoms with Gasteiger partial charge in [-0.2, -0.15) is 0 Å². The number of carbonyl (C=O) groups is 2. The molecular formula is C19H32O4S2. The first-order chi connectivity index (χ1) is 11.8. The van der Waals surface area contributed by atoms with Gasteiger partial charge in [-0.05, 0) is 49.5 Å². The molecule has 0 heterocycles. The Labute approximate surface area is 160 Å². The summed E-state index contributed by atoms with van der Waals surface area (Å²) in [7, 11) is 1.39. The second-order valence-corrected chi connectivity index (χ2v) is 10.4. The van der Waals surface area contributed by atoms with Crippen molar-refractivity contribution in [3.8, 4) is 0 Å². The monoisotopic (exact) mass is 388 g/mol. The lowest BCUT2D eigenvalue weighted by molar-refractivity contribution is -0.174. The summed E-state index contributed by atoms with van der Waals surface area (Å²) < 4.78 is 10.7. The Bertz CT molecular complexity index is 490. The Morgan fingerprint density at radius 1 is 1.12 bits per heavy atom. The maximum atomic E-state index is 13.1. The summed E-state index contributed by atoms with van der Waals surface area (Å²) in [5.41, 5.74) is 0. The van der Waals surface area contributed by atoms with Gasteiger partial charge in [0.25, 0.3) is 0 Å². The Balaban J connectivity index is 2.16. The predicted molar refractivity (Wildman–Crippen MR) is 105 cm³/mol. The van der Waals surface area contributed by atoms with Crippen LogP contribution in [0, 0.1) is 29.6 Å². The van der Waals surface area contributed by atoms with Crippen molar-refractivity contribution in [2.24, 2.45) is 29.6 Å². The first kappa shape index (κ1) is 20.9. The van der Waals surface area contributed by atoms with Crippen LogP contribution in [0.3, 0.4) is 0 Å². The highest BCUT2D eigenvalue weighted by atomic mass is 32.2. The first-order valence-electron chi connectivity index (χ1n) is 9.18. The maximum Gasteiger partial charge on any atom is 0.312 e. The molecule has 144 valence electrons. The molecular weight excluding hydrogens is 356 g/mol. The summed E-state index contributed by atoms with van der Waals surface area (Å²) in [5.74, 6) is 0.180. The van der Waals surface area contributed by atoms with E-state index in [4.69, 9.17) is 9.47 Å². The highest BCUT2D eigenvalue weighted by Crippen LogP contribution is 2.59. The third-order valence-corrected chi connectivity index (χ3v) is 9.28. The van der Waals surface area contributed by atoms with Crippen molar-refractivity contribution in [3.05, 3.63) is 0 Å². The van der Waals surface area contributed by atoms with E-state index in [2.05, 4.69) is 20.8 Å². The molecule has 0 aromatic heterocycles. The Morgan fingerprint density at radius 3 is 2.28 bits per heavy atom. The van der Waals surface area contributed by atoms with Crippen LogP contribution in [-0.2, 0) is 19.1 Å². The quantitative estimate of drug-likeness (QED) is 0.501. The van der Waals surface area contributed by atoms with Crippen LogP contribution >= 0.6 is 23.5 Å². The molecule has 5 atom stereocenters. The van der Waals surface area contributed by atoms with Crippen LogP contribution in [0.15, 0.2) is 0 Å². The van der Waals surface area contributed by atoms with Gasteiger partial charge in [0.05, 0.1) is 23.0 Å². The van der Waals surface area contributed by atoms with Crippen LogP contribution in [0.4, 0.5) is 0 Å². The Morgan fingerprint density at radius 2 is 1.76 bits per heavy atom. The summed E-state index contributed by atoms with van der Waals surface area (Å²) in [5, 5.41) is 0. The van der Waals surface area contributed by atoms with E-state index in [1.54, 1.807) is 23.5 Å². The third-order valence-electron chi connectivity index (χ3n) is 6.06. The average Bonchev–Trinajstić information content (AvgIpc) is 2.54. The molecule has 0 saturated heterocycles. The van der Waals surface area contributed by atoms with Crippen LogP contribution < -0.4 is 0 Å². The third kappa shape index (κ3) is 4.15. The van der Waals surface area contributed by atoms with Gasteiger partial charge in [0.1, 0.15) is 6.10 Å². The van der Waals surface area contributed by atoms with Crippen LogP contribution in [0.25, 0.3) is 0 Å². The number of carbonyl (C=O) groups excluding carboxylic acids is 2. The summed E-state index contributed by atoms with van der Waals surface area (Å²) in [6.07, 6.45) is 7.87. The zero-order valence-electron chi connectivity index (χ0n) is 16.2. The highest BCUT2D eigenvalue weighted by molar-refractivity contribution is 8.17. The molecule has 0 N–H and O–H groups in total. The van der Waals surface area contributed by atoms with E-state index in [0.29, 0.717) is 24.2 Å². The van der Waals surface area contributed by atoms with Gasteiger partial charge in [-0.3, -0.25) is 9.59 Å². The normalized spacial score (nSPS) is 34.3. The van der Waals surface area contributed by atoms with Crippen LogP contribution in [-0.4, -0.2) is 41.7 Å². The molecule has 2 fully saturated rings. The SMILES string of the molecule is COC(=O)[C@H]1CC(SC)(SC)[C@@H]1C(=O)O[C@@H]1C[C@H](C)CC[C@H]1C(C)C. The van der Waals surface area contributed by atoms with Crippen molar-refractivity contribution < 1.29 is 19.1 Å². The molecule has 0 bridgehead atoms. The van der Waals surface area contributed by atoms with E-state index in [-0.39, 0.29) is 28.0 Å². The molecule has 0 aliphatic heterocycles. The number of thioether (sulfide) groups is 2. The lowest BCUT2D eigenvalue weighted by Gasteiger charge is -2.50. The fourth-order valence-electron chi connectivity index (χ4n) is 4.39. The fraction of sp³-hybridized carbons (Fsp3) is 0.895. The lowest BCUT2D eigenvalue weighted by Crippen LogP contribution is -2.57. The van der Waals surface area contributed by atoms with Crippen molar-refractivity contribution >= 4 is 35.5 Å². The van der Waals surface area contributed by atoms with Gasteiger partial charge in [0.15, 0.2) is 0 Å². The molecule has 0 aromatic rings. The smallest absolute Gasteiger partial charge is 0.312 e. The number of hydrogen-bond donors (Lipinski definition) is 0. The van der Waals surface area contributed by atoms with Gasteiger partial charge in [0.2, 0.25) is 0 Å². The Hall–Kier alpha value is -0.360. The number of rotatable bonds is 6. The number of esters is 2. The highest BCUT2D eigenvalue weighted by Gasteiger charge is 2.61. The molecule has 6 heteroatoms. The largest absolute Gasteiger partial charge is 0.469 e. The van der Waals surface area contributed by atoms with Gasteiger partial charge in [0, 0.05) is 0 Å². The minimum atomic E-state index is -0.421. The van der Waals surface area contributed by atoms with Gasteiger partial charge >= 0.3 is 11.9 Å². The second kappa shape index (κ2) is 8.55. The van der Waals surface area contributed by atoms with Crippen molar-refractivity contribution in [3.63, 3.8) is 0 Å². The van der Waals surface area contributed by atoms with Gasteiger partial charge in [-0.15, -0.1) is 23.5 Å². The van der Waals surface area contributed by atoms with E-state index in [9.17, 15) is 9.59 Å². The van der Waals surface area contributed by atoms with Gasteiger partial charge < -0.3 is 9.47 Å². The fourth-order valence-corrected chi connectivity index (χ4v) is 6.78. The summed E-state index contributed by atoms with van der Waals surface area (Å²) in [6.45, 7) is 6.64. The number of hydrogen-bond acceptors (Lipinski definition) is 6. The number of methoxy groups -OCH3 is 1. The van der Waals surface area contributed by atoms with Gasteiger partial charge in [-0.1, -0.05) is 27.2 Å². The van der Waals surface area contributed by atoms with E-state index in [1.165, 1.54) is 13.5 Å². The topological polar surface area (TPSA) is 52.6 Å². The van der Waals surface area contributed by atoms with Crippen LogP contribution in [0.2, 0.25) is 0 Å². The summed E-state index contributed by atoms with van der Waals surface area (Å²) in [4.78, 5) is 25.2. The van der Waals surface area contributed by atoms with E-state index in [1.807, 2.05) is 12.5 Å². The van der Waals surface area contributed by atoms with Crippen LogP contribution in [0.1, 0.15) is 46.5 Å². The standard InChI is InChI=1S/C19H32O4S2/c1-11(2)13-8-7-12(3)9-15(13)23-18(21)16-14(17(20)22-4)10-19(16,24-5)25-6/h11-16H,7-10H2,1-6H3/t12-,13+,14+,15-,16+/m1/s1. The minimum absolute atomic E-state index is 0.0310. The average molecular weight is 389 g/mol. The van der Waals surface area contributed by atoms with Crippen molar-refractivity contribution in [2.45, 2.75) is 56.6 Å². The van der Waals surface area contributed by atoms with Crippen LogP contribution in [0.5, 0.6) is 0 Å². The first-order valence-corrected chi connectivity index (χ1v) is 11.6. The molecule has 0 unspecified atom stereocenters. The lowest BCUT2D eigenvalue weighted by atomic mass is 9.71. The molecule has 2 aliphatic rings. The van der Waals surface area contributed by atoms with E-state index in [0.717, 1.165) is 12.8 Å². The molecule has 0 spiro atoms. The summed E-state index contributed by atoms with van der Waals surface area (Å²) in [6, 6.07) is 0. The van der Waals surface area contributed by atoms with Crippen molar-refractivity contribution in [1.82, 2.24) is 0 Å². The predicted octanol–water partition coefficient (Wildman–Crippen LogP) is 4.22. The summed E-state index contributed by atoms with van der Waals surface area (Å²) >= 11 is 3.30. The molecule has 2 aliphatic carbocycles. The molecule has 0 aromatic carbocycles. The molecule has 25 heavy (non-hydrogen) atoms. The van der Waals surface area contributed by atoms with Crippen molar-refractivity contribution in [1.29, 1.82) is 0 Å². The zero-order chi connectivity index (χ0) is 18.8. The molecule has 0 amide bonds. The van der Waals surface area contributed by atoms with Crippen molar-refractivity contribution in [2.75, 3.05) is 19.6 Å². The van der Waals surface area contributed by atoms with E-state index < -0.39 is 5.92 Å².